The SMILES string of the molecule is O=C(COC(=O)c1ccncc1)Nc1cc(C(F)(F)F)ccc1N1CCCC1. The van der Waals surface area contributed by atoms with Gasteiger partial charge in [-0.05, 0) is 43.2 Å². The summed E-state index contributed by atoms with van der Waals surface area (Å²) in [5, 5.41) is 2.44. The molecule has 6 nitrogen and oxygen atoms in total. The molecule has 2 aromatic rings. The van der Waals surface area contributed by atoms with Crippen LogP contribution in [-0.4, -0.2) is 36.6 Å². The Bertz CT molecular complexity index is 850. The second-order valence-electron chi connectivity index (χ2n) is 6.28. The number of esters is 1. The van der Waals surface area contributed by atoms with E-state index in [4.69, 9.17) is 4.74 Å². The van der Waals surface area contributed by atoms with E-state index in [0.717, 1.165) is 25.0 Å². The van der Waals surface area contributed by atoms with E-state index < -0.39 is 30.2 Å². The van der Waals surface area contributed by atoms with Crippen molar-refractivity contribution in [2.75, 3.05) is 29.9 Å². The van der Waals surface area contributed by atoms with Gasteiger partial charge in [0.15, 0.2) is 6.61 Å². The van der Waals surface area contributed by atoms with E-state index in [9.17, 15) is 22.8 Å². The van der Waals surface area contributed by atoms with Crippen LogP contribution in [0.5, 0.6) is 0 Å². The molecule has 0 unspecified atom stereocenters. The number of hydrogen-bond donors (Lipinski definition) is 1. The standard InChI is InChI=1S/C19H18F3N3O3/c20-19(21,22)14-3-4-16(25-9-1-2-10-25)15(11-14)24-17(26)12-28-18(27)13-5-7-23-8-6-13/h3-8,11H,1-2,9-10,12H2,(H,24,26). The number of pyridine rings is 1. The third-order valence-corrected chi connectivity index (χ3v) is 4.30. The zero-order valence-corrected chi connectivity index (χ0v) is 14.8. The molecule has 1 aromatic heterocycles. The highest BCUT2D eigenvalue weighted by Crippen LogP contribution is 2.36. The minimum absolute atomic E-state index is 0.0432. The molecule has 1 aliphatic rings. The number of alkyl halides is 3. The molecule has 1 N–H and O–H groups in total. The summed E-state index contributed by atoms with van der Waals surface area (Å²) >= 11 is 0. The van der Waals surface area contributed by atoms with E-state index in [2.05, 4.69) is 10.3 Å². The number of hydrogen-bond acceptors (Lipinski definition) is 5. The average Bonchev–Trinajstić information content (AvgIpc) is 3.20. The second kappa shape index (κ2) is 8.28. The zero-order valence-electron chi connectivity index (χ0n) is 14.8. The molecule has 0 radical (unpaired) electrons. The normalized spacial score (nSPS) is 14.0. The van der Waals surface area contributed by atoms with Gasteiger partial charge in [0.2, 0.25) is 0 Å². The van der Waals surface area contributed by atoms with Gasteiger partial charge in [0.25, 0.3) is 5.91 Å². The van der Waals surface area contributed by atoms with Gasteiger partial charge in [-0.15, -0.1) is 0 Å². The molecule has 148 valence electrons. The van der Waals surface area contributed by atoms with E-state index in [-0.39, 0.29) is 11.3 Å². The van der Waals surface area contributed by atoms with Crippen molar-refractivity contribution in [1.29, 1.82) is 0 Å². The van der Waals surface area contributed by atoms with Gasteiger partial charge < -0.3 is 15.0 Å². The number of nitrogens with one attached hydrogen (secondary N) is 1. The summed E-state index contributed by atoms with van der Waals surface area (Å²) < 4.78 is 44.1. The van der Waals surface area contributed by atoms with Crippen LogP contribution in [0.25, 0.3) is 0 Å². The van der Waals surface area contributed by atoms with Crippen LogP contribution >= 0.6 is 0 Å². The Balaban J connectivity index is 1.72. The van der Waals surface area contributed by atoms with Crippen LogP contribution in [-0.2, 0) is 15.7 Å². The molecule has 3 rings (SSSR count). The molecular weight excluding hydrogens is 375 g/mol. The van der Waals surface area contributed by atoms with Crippen molar-refractivity contribution in [3.63, 3.8) is 0 Å². The Kier molecular flexibility index (Phi) is 5.81. The topological polar surface area (TPSA) is 71.5 Å². The highest BCUT2D eigenvalue weighted by molar-refractivity contribution is 5.97. The van der Waals surface area contributed by atoms with Crippen LogP contribution in [0.4, 0.5) is 24.5 Å². The van der Waals surface area contributed by atoms with Crippen LogP contribution in [0.15, 0.2) is 42.7 Å². The molecule has 1 aliphatic heterocycles. The van der Waals surface area contributed by atoms with Crippen LogP contribution in [0.1, 0.15) is 28.8 Å². The maximum absolute atomic E-state index is 13.1. The number of rotatable bonds is 5. The molecule has 1 fully saturated rings. The molecule has 2 heterocycles. The summed E-state index contributed by atoms with van der Waals surface area (Å²) in [5.41, 5.74) is -0.0832. The predicted molar refractivity (Wildman–Crippen MR) is 96.0 cm³/mol. The molecule has 0 bridgehead atoms. The van der Waals surface area contributed by atoms with Crippen LogP contribution in [0, 0.1) is 0 Å². The lowest BCUT2D eigenvalue weighted by Gasteiger charge is -2.23. The zero-order chi connectivity index (χ0) is 20.1. The van der Waals surface area contributed by atoms with Crippen molar-refractivity contribution < 1.29 is 27.5 Å². The first kappa shape index (κ1) is 19.7. The van der Waals surface area contributed by atoms with Crippen molar-refractivity contribution in [2.45, 2.75) is 19.0 Å². The first-order chi connectivity index (χ1) is 13.3. The lowest BCUT2D eigenvalue weighted by molar-refractivity contribution is -0.137. The minimum atomic E-state index is -4.53. The Morgan fingerprint density at radius 3 is 2.43 bits per heavy atom. The number of nitrogens with zero attached hydrogens (tertiary/aromatic N) is 2. The van der Waals surface area contributed by atoms with Gasteiger partial charge in [-0.25, -0.2) is 4.79 Å². The molecule has 1 aromatic carbocycles. The van der Waals surface area contributed by atoms with Gasteiger partial charge in [-0.3, -0.25) is 9.78 Å². The second-order valence-corrected chi connectivity index (χ2v) is 6.28. The fourth-order valence-corrected chi connectivity index (χ4v) is 2.93. The molecule has 1 amide bonds. The molecule has 9 heteroatoms. The first-order valence-electron chi connectivity index (χ1n) is 8.68. The Morgan fingerprint density at radius 1 is 1.11 bits per heavy atom. The van der Waals surface area contributed by atoms with E-state index >= 15 is 0 Å². The van der Waals surface area contributed by atoms with Crippen LogP contribution in [0.2, 0.25) is 0 Å². The minimum Gasteiger partial charge on any atom is -0.452 e. The summed E-state index contributed by atoms with van der Waals surface area (Å²) in [7, 11) is 0. The summed E-state index contributed by atoms with van der Waals surface area (Å²) in [5.74, 6) is -1.44. The third kappa shape index (κ3) is 4.79. The van der Waals surface area contributed by atoms with Gasteiger partial charge in [0.05, 0.1) is 22.5 Å². The number of carbonyl (C=O) groups excluding carboxylic acids is 2. The summed E-state index contributed by atoms with van der Waals surface area (Å²) in [4.78, 5) is 29.7. The van der Waals surface area contributed by atoms with Gasteiger partial charge in [0.1, 0.15) is 0 Å². The van der Waals surface area contributed by atoms with Gasteiger partial charge in [-0.2, -0.15) is 13.2 Å². The summed E-state index contributed by atoms with van der Waals surface area (Å²) in [6, 6.07) is 6.10. The largest absolute Gasteiger partial charge is 0.452 e. The quantitative estimate of drug-likeness (QED) is 0.788. The molecule has 0 spiro atoms. The lowest BCUT2D eigenvalue weighted by Crippen LogP contribution is -2.24. The van der Waals surface area contributed by atoms with Crippen molar-refractivity contribution in [3.05, 3.63) is 53.9 Å². The summed E-state index contributed by atoms with van der Waals surface area (Å²) in [6.07, 6.45) is 0.135. The number of benzene rings is 1. The van der Waals surface area contributed by atoms with Crippen molar-refractivity contribution in [3.8, 4) is 0 Å². The number of ether oxygens (including phenoxy) is 1. The molecule has 0 saturated carbocycles. The number of carbonyl (C=O) groups is 2. The van der Waals surface area contributed by atoms with E-state index in [1.807, 2.05) is 4.90 Å². The van der Waals surface area contributed by atoms with Crippen molar-refractivity contribution in [1.82, 2.24) is 4.98 Å². The number of amides is 1. The number of anilines is 2. The Hall–Kier alpha value is -3.10. The monoisotopic (exact) mass is 393 g/mol. The summed E-state index contributed by atoms with van der Waals surface area (Å²) in [6.45, 7) is 0.785. The number of halogens is 3. The predicted octanol–water partition coefficient (Wildman–Crippen LogP) is 3.50. The van der Waals surface area contributed by atoms with Crippen LogP contribution < -0.4 is 10.2 Å². The smallest absolute Gasteiger partial charge is 0.416 e. The highest BCUT2D eigenvalue weighted by Gasteiger charge is 2.32. The fraction of sp³-hybridized carbons (Fsp3) is 0.316. The Labute approximate surface area is 159 Å². The van der Waals surface area contributed by atoms with Crippen molar-refractivity contribution in [2.24, 2.45) is 0 Å². The third-order valence-electron chi connectivity index (χ3n) is 4.30. The molecule has 0 aliphatic carbocycles. The van der Waals surface area contributed by atoms with E-state index in [1.54, 1.807) is 0 Å². The number of aromatic nitrogens is 1. The molecule has 1 saturated heterocycles. The molecular formula is C19H18F3N3O3. The molecule has 0 atom stereocenters. The average molecular weight is 393 g/mol. The lowest BCUT2D eigenvalue weighted by atomic mass is 10.1. The maximum atomic E-state index is 13.1. The first-order valence-corrected chi connectivity index (χ1v) is 8.68. The van der Waals surface area contributed by atoms with Crippen LogP contribution in [0.3, 0.4) is 0 Å². The molecule has 28 heavy (non-hydrogen) atoms. The maximum Gasteiger partial charge on any atom is 0.416 e. The van der Waals surface area contributed by atoms with Gasteiger partial charge in [-0.1, -0.05) is 0 Å². The Morgan fingerprint density at radius 2 is 1.79 bits per heavy atom. The fourth-order valence-electron chi connectivity index (χ4n) is 2.93. The highest BCUT2D eigenvalue weighted by atomic mass is 19.4. The van der Waals surface area contributed by atoms with E-state index in [0.29, 0.717) is 18.8 Å². The van der Waals surface area contributed by atoms with Gasteiger partial charge in [0, 0.05) is 25.5 Å². The van der Waals surface area contributed by atoms with Gasteiger partial charge >= 0.3 is 12.1 Å². The van der Waals surface area contributed by atoms with Crippen molar-refractivity contribution >= 4 is 23.3 Å². The van der Waals surface area contributed by atoms with E-state index in [1.165, 1.54) is 30.6 Å².